The van der Waals surface area contributed by atoms with Crippen molar-refractivity contribution >= 4 is 0 Å². The molecule has 0 spiro atoms. The first-order chi connectivity index (χ1) is 10.4. The maximum Gasteiger partial charge on any atom is 0.283 e. The van der Waals surface area contributed by atoms with Gasteiger partial charge in [0.05, 0.1) is 12.8 Å². The van der Waals surface area contributed by atoms with Gasteiger partial charge in [0.25, 0.3) is 5.89 Å². The van der Waals surface area contributed by atoms with Gasteiger partial charge in [-0.15, -0.1) is 10.2 Å². The minimum Gasteiger partial charge on any atom is -0.459 e. The summed E-state index contributed by atoms with van der Waals surface area (Å²) in [6, 6.07) is 4.19. The monoisotopic (exact) mass is 290 g/mol. The molecular formula is C15H22N4O2. The molecule has 1 atom stereocenters. The molecule has 6 heteroatoms. The molecule has 1 unspecified atom stereocenters. The first-order valence-corrected chi connectivity index (χ1v) is 7.68. The Labute approximate surface area is 124 Å². The lowest BCUT2D eigenvalue weighted by atomic mass is 10.1. The molecule has 1 fully saturated rings. The van der Waals surface area contributed by atoms with E-state index in [1.807, 2.05) is 12.1 Å². The van der Waals surface area contributed by atoms with Gasteiger partial charge in [0.2, 0.25) is 5.89 Å². The Morgan fingerprint density at radius 1 is 1.43 bits per heavy atom. The highest BCUT2D eigenvalue weighted by Crippen LogP contribution is 2.20. The zero-order valence-electron chi connectivity index (χ0n) is 12.4. The average Bonchev–Trinajstić information content (AvgIpc) is 3.19. The molecule has 114 valence electrons. The van der Waals surface area contributed by atoms with Gasteiger partial charge < -0.3 is 14.2 Å². The number of hydrogen-bond donors (Lipinski definition) is 1. The van der Waals surface area contributed by atoms with E-state index >= 15 is 0 Å². The number of nitrogens with one attached hydrogen (secondary N) is 1. The molecule has 0 bridgehead atoms. The fourth-order valence-electron chi connectivity index (χ4n) is 2.81. The summed E-state index contributed by atoms with van der Waals surface area (Å²) < 4.78 is 11.0. The highest BCUT2D eigenvalue weighted by Gasteiger charge is 2.22. The molecule has 2 aromatic heterocycles. The smallest absolute Gasteiger partial charge is 0.283 e. The molecule has 2 aromatic rings. The normalized spacial score (nSPS) is 19.2. The molecule has 6 nitrogen and oxygen atoms in total. The van der Waals surface area contributed by atoms with E-state index in [0.29, 0.717) is 30.1 Å². The Kier molecular flexibility index (Phi) is 4.67. The fourth-order valence-corrected chi connectivity index (χ4v) is 2.81. The van der Waals surface area contributed by atoms with Crippen LogP contribution in [0.1, 0.15) is 32.1 Å². The standard InChI is InChI=1S/C15H22N4O2/c1-2-8-19(12-5-3-7-16-10-12)11-14-17-18-15(21-14)13-6-4-9-20-13/h4,6,9,12,16H,2-3,5,7-8,10-11H2,1H3. The van der Waals surface area contributed by atoms with Crippen molar-refractivity contribution in [3.63, 3.8) is 0 Å². The molecule has 0 amide bonds. The summed E-state index contributed by atoms with van der Waals surface area (Å²) in [7, 11) is 0. The Bertz CT molecular complexity index is 532. The Balaban J connectivity index is 1.67. The van der Waals surface area contributed by atoms with Gasteiger partial charge in [-0.25, -0.2) is 0 Å². The first kappa shape index (κ1) is 14.3. The van der Waals surface area contributed by atoms with Crippen LogP contribution in [0.15, 0.2) is 27.2 Å². The van der Waals surface area contributed by atoms with Crippen molar-refractivity contribution in [3.8, 4) is 11.7 Å². The third-order valence-corrected chi connectivity index (χ3v) is 3.84. The molecule has 3 heterocycles. The van der Waals surface area contributed by atoms with Crippen LogP contribution in [0.25, 0.3) is 11.7 Å². The van der Waals surface area contributed by atoms with E-state index in [9.17, 15) is 0 Å². The molecule has 0 radical (unpaired) electrons. The Morgan fingerprint density at radius 2 is 2.38 bits per heavy atom. The predicted octanol–water partition coefficient (Wildman–Crippen LogP) is 2.29. The number of piperidine rings is 1. The summed E-state index contributed by atoms with van der Waals surface area (Å²) in [6.45, 7) is 6.11. The lowest BCUT2D eigenvalue weighted by molar-refractivity contribution is 0.145. The van der Waals surface area contributed by atoms with Gasteiger partial charge in [-0.3, -0.25) is 4.90 Å². The minimum atomic E-state index is 0.452. The highest BCUT2D eigenvalue weighted by atomic mass is 16.4. The van der Waals surface area contributed by atoms with Crippen LogP contribution in [0.5, 0.6) is 0 Å². The van der Waals surface area contributed by atoms with Crippen molar-refractivity contribution in [2.24, 2.45) is 0 Å². The largest absolute Gasteiger partial charge is 0.459 e. The van der Waals surface area contributed by atoms with E-state index in [2.05, 4.69) is 27.3 Å². The Morgan fingerprint density at radius 3 is 3.10 bits per heavy atom. The second kappa shape index (κ2) is 6.87. The van der Waals surface area contributed by atoms with Crippen LogP contribution in [0.4, 0.5) is 0 Å². The van der Waals surface area contributed by atoms with Crippen molar-refractivity contribution in [2.75, 3.05) is 19.6 Å². The van der Waals surface area contributed by atoms with Crippen LogP contribution in [-0.4, -0.2) is 40.8 Å². The fraction of sp³-hybridized carbons (Fsp3) is 0.600. The van der Waals surface area contributed by atoms with E-state index in [1.54, 1.807) is 6.26 Å². The molecule has 3 rings (SSSR count). The number of hydrogen-bond acceptors (Lipinski definition) is 6. The van der Waals surface area contributed by atoms with E-state index < -0.39 is 0 Å². The van der Waals surface area contributed by atoms with Gasteiger partial charge in [-0.05, 0) is 44.5 Å². The van der Waals surface area contributed by atoms with Crippen molar-refractivity contribution in [2.45, 2.75) is 38.8 Å². The number of nitrogens with zero attached hydrogens (tertiary/aromatic N) is 3. The van der Waals surface area contributed by atoms with Gasteiger partial charge in [-0.2, -0.15) is 0 Å². The Hall–Kier alpha value is -1.66. The second-order valence-corrected chi connectivity index (χ2v) is 5.45. The van der Waals surface area contributed by atoms with Crippen LogP contribution in [0.2, 0.25) is 0 Å². The summed E-state index contributed by atoms with van der Waals surface area (Å²) in [5, 5.41) is 11.7. The van der Waals surface area contributed by atoms with Crippen molar-refractivity contribution < 1.29 is 8.83 Å². The van der Waals surface area contributed by atoms with Crippen LogP contribution >= 0.6 is 0 Å². The SMILES string of the molecule is CCCN(Cc1nnc(-c2ccco2)o1)C1CCCNC1. The molecule has 21 heavy (non-hydrogen) atoms. The summed E-state index contributed by atoms with van der Waals surface area (Å²) >= 11 is 0. The molecule has 0 aliphatic carbocycles. The van der Waals surface area contributed by atoms with Gasteiger partial charge in [0, 0.05) is 12.6 Å². The second-order valence-electron chi connectivity index (χ2n) is 5.45. The highest BCUT2D eigenvalue weighted by molar-refractivity contribution is 5.42. The molecule has 0 saturated carbocycles. The maximum absolute atomic E-state index is 5.72. The number of furan rings is 1. The van der Waals surface area contributed by atoms with Crippen LogP contribution < -0.4 is 5.32 Å². The van der Waals surface area contributed by atoms with E-state index in [1.165, 1.54) is 12.8 Å². The summed E-state index contributed by atoms with van der Waals surface area (Å²) in [5.74, 6) is 1.73. The molecule has 1 N–H and O–H groups in total. The maximum atomic E-state index is 5.72. The summed E-state index contributed by atoms with van der Waals surface area (Å²) in [6.07, 6.45) is 5.19. The molecule has 1 aliphatic heterocycles. The van der Waals surface area contributed by atoms with E-state index in [-0.39, 0.29) is 0 Å². The van der Waals surface area contributed by atoms with Gasteiger partial charge in [-0.1, -0.05) is 6.92 Å². The number of aromatic nitrogens is 2. The number of rotatable bonds is 6. The topological polar surface area (TPSA) is 67.3 Å². The quantitative estimate of drug-likeness (QED) is 0.880. The first-order valence-electron chi connectivity index (χ1n) is 7.68. The summed E-state index contributed by atoms with van der Waals surface area (Å²) in [4.78, 5) is 2.44. The van der Waals surface area contributed by atoms with Gasteiger partial charge in [0.1, 0.15) is 0 Å². The molecule has 0 aromatic carbocycles. The lowest BCUT2D eigenvalue weighted by Gasteiger charge is -2.33. The third kappa shape index (κ3) is 3.51. The minimum absolute atomic E-state index is 0.452. The molecule has 1 aliphatic rings. The average molecular weight is 290 g/mol. The van der Waals surface area contributed by atoms with Crippen LogP contribution in [0.3, 0.4) is 0 Å². The molecular weight excluding hydrogens is 268 g/mol. The van der Waals surface area contributed by atoms with E-state index in [0.717, 1.165) is 26.1 Å². The third-order valence-electron chi connectivity index (χ3n) is 3.84. The van der Waals surface area contributed by atoms with Crippen LogP contribution in [-0.2, 0) is 6.54 Å². The predicted molar refractivity (Wildman–Crippen MR) is 78.6 cm³/mol. The van der Waals surface area contributed by atoms with Crippen molar-refractivity contribution in [3.05, 3.63) is 24.3 Å². The van der Waals surface area contributed by atoms with Gasteiger partial charge in [0.15, 0.2) is 5.76 Å². The lowest BCUT2D eigenvalue weighted by Crippen LogP contribution is -2.45. The van der Waals surface area contributed by atoms with Crippen LogP contribution in [0, 0.1) is 0 Å². The zero-order valence-corrected chi connectivity index (χ0v) is 12.4. The zero-order chi connectivity index (χ0) is 14.5. The van der Waals surface area contributed by atoms with Crippen molar-refractivity contribution in [1.82, 2.24) is 20.4 Å². The summed E-state index contributed by atoms with van der Waals surface area (Å²) in [5.41, 5.74) is 0. The molecule has 1 saturated heterocycles. The van der Waals surface area contributed by atoms with Crippen molar-refractivity contribution in [1.29, 1.82) is 0 Å². The van der Waals surface area contributed by atoms with Gasteiger partial charge >= 0.3 is 0 Å². The van der Waals surface area contributed by atoms with E-state index in [4.69, 9.17) is 8.83 Å².